The highest BCUT2D eigenvalue weighted by Crippen LogP contribution is 2.31. The summed E-state index contributed by atoms with van der Waals surface area (Å²) in [6, 6.07) is 16.1. The lowest BCUT2D eigenvalue weighted by molar-refractivity contribution is -0.113. The third kappa shape index (κ3) is 5.84. The van der Waals surface area contributed by atoms with Gasteiger partial charge in [0.2, 0.25) is 5.91 Å². The van der Waals surface area contributed by atoms with Crippen LogP contribution in [0.25, 0.3) is 0 Å². The highest BCUT2D eigenvalue weighted by atomic mass is 79.9. The topological polar surface area (TPSA) is 54.9 Å². The highest BCUT2D eigenvalue weighted by molar-refractivity contribution is 9.10. The first-order chi connectivity index (χ1) is 12.6. The molecule has 4 nitrogen and oxygen atoms in total. The standard InChI is InChI=1S/C18H16BrN3OS3/c1-12-7-8-15(14(19)9-12)20-16(23)11-25-18-22-21-17(26-18)24-10-13-5-3-2-4-6-13/h2-9H,10-11H2,1H3,(H,20,23). The van der Waals surface area contributed by atoms with Crippen molar-refractivity contribution in [2.75, 3.05) is 11.1 Å². The maximum atomic E-state index is 12.1. The number of hydrogen-bond acceptors (Lipinski definition) is 6. The molecule has 1 aromatic heterocycles. The Hall–Kier alpha value is -1.35. The Morgan fingerprint density at radius 2 is 1.85 bits per heavy atom. The van der Waals surface area contributed by atoms with E-state index < -0.39 is 0 Å². The van der Waals surface area contributed by atoms with Gasteiger partial charge in [-0.25, -0.2) is 0 Å². The molecule has 0 unspecified atom stereocenters. The van der Waals surface area contributed by atoms with E-state index in [9.17, 15) is 4.79 Å². The Kier molecular flexibility index (Phi) is 7.13. The van der Waals surface area contributed by atoms with E-state index in [1.54, 1.807) is 11.8 Å². The molecule has 0 saturated carbocycles. The second-order valence-electron chi connectivity index (χ2n) is 5.43. The molecule has 0 saturated heterocycles. The van der Waals surface area contributed by atoms with Gasteiger partial charge in [-0.15, -0.1) is 10.2 Å². The van der Waals surface area contributed by atoms with Gasteiger partial charge in [0, 0.05) is 10.2 Å². The molecule has 26 heavy (non-hydrogen) atoms. The van der Waals surface area contributed by atoms with Crippen LogP contribution in [0.3, 0.4) is 0 Å². The van der Waals surface area contributed by atoms with E-state index in [-0.39, 0.29) is 5.91 Å². The Bertz CT molecular complexity index is 886. The average molecular weight is 466 g/mol. The molecule has 0 radical (unpaired) electrons. The van der Waals surface area contributed by atoms with E-state index >= 15 is 0 Å². The number of nitrogens with one attached hydrogen (secondary N) is 1. The van der Waals surface area contributed by atoms with Gasteiger partial charge in [-0.1, -0.05) is 71.3 Å². The number of aryl methyl sites for hydroxylation is 1. The number of carbonyl (C=O) groups excluding carboxylic acids is 1. The molecule has 0 bridgehead atoms. The van der Waals surface area contributed by atoms with Gasteiger partial charge in [0.15, 0.2) is 8.68 Å². The molecule has 8 heteroatoms. The third-order valence-electron chi connectivity index (χ3n) is 3.32. The number of benzene rings is 2. The summed E-state index contributed by atoms with van der Waals surface area (Å²) in [4.78, 5) is 12.1. The van der Waals surface area contributed by atoms with Crippen molar-refractivity contribution in [1.29, 1.82) is 0 Å². The molecule has 1 heterocycles. The quantitative estimate of drug-likeness (QED) is 0.458. The fraction of sp³-hybridized carbons (Fsp3) is 0.167. The molecule has 1 N–H and O–H groups in total. The third-order valence-corrected chi connectivity index (χ3v) is 7.24. The van der Waals surface area contributed by atoms with Crippen LogP contribution in [-0.2, 0) is 10.5 Å². The largest absolute Gasteiger partial charge is 0.324 e. The van der Waals surface area contributed by atoms with Crippen molar-refractivity contribution in [1.82, 2.24) is 10.2 Å². The second kappa shape index (κ2) is 9.55. The molecular weight excluding hydrogens is 450 g/mol. The lowest BCUT2D eigenvalue weighted by atomic mass is 10.2. The smallest absolute Gasteiger partial charge is 0.234 e. The predicted octanol–water partition coefficient (Wildman–Crippen LogP) is 5.63. The number of anilines is 1. The summed E-state index contributed by atoms with van der Waals surface area (Å²) in [7, 11) is 0. The Morgan fingerprint density at radius 3 is 2.58 bits per heavy atom. The van der Waals surface area contributed by atoms with Crippen molar-refractivity contribution in [3.8, 4) is 0 Å². The van der Waals surface area contributed by atoms with E-state index in [1.165, 1.54) is 28.7 Å². The lowest BCUT2D eigenvalue weighted by Crippen LogP contribution is -2.14. The summed E-state index contributed by atoms with van der Waals surface area (Å²) in [6.45, 7) is 2.01. The molecule has 0 spiro atoms. The van der Waals surface area contributed by atoms with E-state index in [0.29, 0.717) is 5.75 Å². The van der Waals surface area contributed by atoms with Crippen LogP contribution >= 0.6 is 50.8 Å². The summed E-state index contributed by atoms with van der Waals surface area (Å²) < 4.78 is 2.60. The van der Waals surface area contributed by atoms with Crippen molar-refractivity contribution in [2.45, 2.75) is 21.4 Å². The van der Waals surface area contributed by atoms with Gasteiger partial charge in [-0.3, -0.25) is 4.79 Å². The minimum Gasteiger partial charge on any atom is -0.324 e. The number of thioether (sulfide) groups is 2. The summed E-state index contributed by atoms with van der Waals surface area (Å²) in [5.74, 6) is 1.11. The minimum absolute atomic E-state index is 0.0618. The predicted molar refractivity (Wildman–Crippen MR) is 114 cm³/mol. The molecular formula is C18H16BrN3OS3. The molecule has 0 aliphatic heterocycles. The second-order valence-corrected chi connectivity index (χ2v) is 9.71. The molecule has 2 aromatic carbocycles. The average Bonchev–Trinajstić information content (AvgIpc) is 3.09. The van der Waals surface area contributed by atoms with Crippen molar-refractivity contribution in [3.05, 3.63) is 64.1 Å². The first-order valence-electron chi connectivity index (χ1n) is 7.79. The van der Waals surface area contributed by atoms with Gasteiger partial charge in [-0.2, -0.15) is 0 Å². The van der Waals surface area contributed by atoms with Crippen LogP contribution in [0.4, 0.5) is 5.69 Å². The van der Waals surface area contributed by atoms with Crippen molar-refractivity contribution < 1.29 is 4.79 Å². The fourth-order valence-corrected chi connectivity index (χ4v) is 5.44. The molecule has 1 amide bonds. The fourth-order valence-electron chi connectivity index (χ4n) is 2.07. The molecule has 3 rings (SSSR count). The molecule has 134 valence electrons. The zero-order valence-corrected chi connectivity index (χ0v) is 18.0. The summed E-state index contributed by atoms with van der Waals surface area (Å²) in [5.41, 5.74) is 3.17. The van der Waals surface area contributed by atoms with Crippen molar-refractivity contribution in [2.24, 2.45) is 0 Å². The van der Waals surface area contributed by atoms with Crippen LogP contribution < -0.4 is 5.32 Å². The number of hydrogen-bond donors (Lipinski definition) is 1. The summed E-state index contributed by atoms with van der Waals surface area (Å²) in [5, 5.41) is 11.3. The highest BCUT2D eigenvalue weighted by Gasteiger charge is 2.10. The van der Waals surface area contributed by atoms with Gasteiger partial charge >= 0.3 is 0 Å². The number of rotatable bonds is 7. The Labute approximate surface area is 173 Å². The van der Waals surface area contributed by atoms with Gasteiger partial charge in [-0.05, 0) is 46.1 Å². The van der Waals surface area contributed by atoms with E-state index in [0.717, 1.165) is 30.2 Å². The van der Waals surface area contributed by atoms with Gasteiger partial charge in [0.1, 0.15) is 0 Å². The Balaban J connectivity index is 1.47. The lowest BCUT2D eigenvalue weighted by Gasteiger charge is -2.07. The number of aromatic nitrogens is 2. The van der Waals surface area contributed by atoms with Crippen LogP contribution in [0.2, 0.25) is 0 Å². The van der Waals surface area contributed by atoms with Crippen LogP contribution in [0, 0.1) is 6.92 Å². The van der Waals surface area contributed by atoms with Gasteiger partial charge in [0.05, 0.1) is 11.4 Å². The SMILES string of the molecule is Cc1ccc(NC(=O)CSc2nnc(SCc3ccccc3)s2)c(Br)c1. The molecule has 0 atom stereocenters. The zero-order chi connectivity index (χ0) is 18.4. The molecule has 3 aromatic rings. The maximum absolute atomic E-state index is 12.1. The first-order valence-corrected chi connectivity index (χ1v) is 11.4. The molecule has 0 fully saturated rings. The van der Waals surface area contributed by atoms with Crippen molar-refractivity contribution >= 4 is 62.4 Å². The normalized spacial score (nSPS) is 10.7. The van der Waals surface area contributed by atoms with Crippen LogP contribution in [0.15, 0.2) is 61.7 Å². The number of nitrogens with zero attached hydrogens (tertiary/aromatic N) is 2. The van der Waals surface area contributed by atoms with E-state index in [2.05, 4.69) is 43.6 Å². The van der Waals surface area contributed by atoms with Crippen LogP contribution in [0.1, 0.15) is 11.1 Å². The molecule has 0 aliphatic carbocycles. The number of halogens is 1. The minimum atomic E-state index is -0.0618. The van der Waals surface area contributed by atoms with Crippen LogP contribution in [0.5, 0.6) is 0 Å². The molecule has 0 aliphatic rings. The maximum Gasteiger partial charge on any atom is 0.234 e. The zero-order valence-electron chi connectivity index (χ0n) is 13.9. The van der Waals surface area contributed by atoms with Gasteiger partial charge in [0.25, 0.3) is 0 Å². The van der Waals surface area contributed by atoms with Gasteiger partial charge < -0.3 is 5.32 Å². The number of amides is 1. The van der Waals surface area contributed by atoms with Crippen LogP contribution in [-0.4, -0.2) is 21.9 Å². The summed E-state index contributed by atoms with van der Waals surface area (Å²) in [6.07, 6.45) is 0. The Morgan fingerprint density at radius 1 is 1.12 bits per heavy atom. The number of carbonyl (C=O) groups is 1. The van der Waals surface area contributed by atoms with Crippen molar-refractivity contribution in [3.63, 3.8) is 0 Å². The monoisotopic (exact) mass is 465 g/mol. The first kappa shape index (κ1) is 19.4. The summed E-state index contributed by atoms with van der Waals surface area (Å²) >= 11 is 8.05. The van der Waals surface area contributed by atoms with E-state index in [1.807, 2.05) is 43.3 Å². The van der Waals surface area contributed by atoms with E-state index in [4.69, 9.17) is 0 Å².